The Morgan fingerprint density at radius 2 is 1.53 bits per heavy atom. The molecule has 0 radical (unpaired) electrons. The van der Waals surface area contributed by atoms with E-state index in [4.69, 9.17) is 9.47 Å². The Bertz CT molecular complexity index is 1120. The molecule has 0 saturated heterocycles. The number of hydrogen-bond donors (Lipinski definition) is 1. The lowest BCUT2D eigenvalue weighted by Crippen LogP contribution is -2.26. The van der Waals surface area contributed by atoms with Crippen molar-refractivity contribution in [3.63, 3.8) is 0 Å². The summed E-state index contributed by atoms with van der Waals surface area (Å²) in [6.07, 6.45) is 4.56. The van der Waals surface area contributed by atoms with E-state index in [1.54, 1.807) is 6.92 Å². The highest BCUT2D eigenvalue weighted by Crippen LogP contribution is 2.44. The van der Waals surface area contributed by atoms with E-state index in [1.807, 2.05) is 60.7 Å². The van der Waals surface area contributed by atoms with Crippen molar-refractivity contribution in [1.82, 2.24) is 5.32 Å². The standard InChI is InChI=1S/C29H29NO4/c1-2-33-28(31)19-22-16-14-21(15-17-22)9-7-8-18-30-29(32)34-20-27-25-12-5-3-10-23(25)24-11-4-6-13-26(24)27/h3-7,9-17,27H,2,8,18-20H2,1H3,(H,30,32). The van der Waals surface area contributed by atoms with E-state index in [-0.39, 0.29) is 18.3 Å². The van der Waals surface area contributed by atoms with E-state index in [1.165, 1.54) is 22.3 Å². The molecule has 174 valence electrons. The van der Waals surface area contributed by atoms with Crippen molar-refractivity contribution in [2.45, 2.75) is 25.7 Å². The zero-order chi connectivity index (χ0) is 23.8. The molecule has 0 aromatic heterocycles. The third kappa shape index (κ3) is 5.73. The zero-order valence-corrected chi connectivity index (χ0v) is 19.3. The van der Waals surface area contributed by atoms with Gasteiger partial charge in [0.05, 0.1) is 13.0 Å². The van der Waals surface area contributed by atoms with Gasteiger partial charge in [0, 0.05) is 12.5 Å². The minimum absolute atomic E-state index is 0.0600. The Balaban J connectivity index is 1.20. The van der Waals surface area contributed by atoms with E-state index in [0.29, 0.717) is 26.2 Å². The monoisotopic (exact) mass is 455 g/mol. The summed E-state index contributed by atoms with van der Waals surface area (Å²) < 4.78 is 10.5. The molecule has 5 heteroatoms. The molecule has 0 bridgehead atoms. The van der Waals surface area contributed by atoms with E-state index >= 15 is 0 Å². The minimum atomic E-state index is -0.404. The number of carbonyl (C=O) groups excluding carboxylic acids is 2. The van der Waals surface area contributed by atoms with Gasteiger partial charge in [-0.2, -0.15) is 0 Å². The summed E-state index contributed by atoms with van der Waals surface area (Å²) >= 11 is 0. The van der Waals surface area contributed by atoms with Crippen molar-refractivity contribution in [3.05, 3.63) is 101 Å². The summed E-state index contributed by atoms with van der Waals surface area (Å²) in [7, 11) is 0. The molecular weight excluding hydrogens is 426 g/mol. The fourth-order valence-corrected chi connectivity index (χ4v) is 4.25. The van der Waals surface area contributed by atoms with Gasteiger partial charge in [0.2, 0.25) is 0 Å². The molecule has 0 heterocycles. The maximum absolute atomic E-state index is 12.2. The Morgan fingerprint density at radius 1 is 0.882 bits per heavy atom. The highest BCUT2D eigenvalue weighted by molar-refractivity contribution is 5.79. The van der Waals surface area contributed by atoms with Crippen LogP contribution in [0.4, 0.5) is 4.79 Å². The largest absolute Gasteiger partial charge is 0.466 e. The molecular formula is C29H29NO4. The summed E-state index contributed by atoms with van der Waals surface area (Å²) in [5.74, 6) is -0.157. The molecule has 1 amide bonds. The number of fused-ring (bicyclic) bond motifs is 3. The summed E-state index contributed by atoms with van der Waals surface area (Å²) in [5, 5.41) is 2.82. The van der Waals surface area contributed by atoms with Crippen LogP contribution in [0.15, 0.2) is 78.9 Å². The van der Waals surface area contributed by atoms with Crippen LogP contribution in [0, 0.1) is 0 Å². The van der Waals surface area contributed by atoms with Crippen LogP contribution >= 0.6 is 0 Å². The predicted molar refractivity (Wildman–Crippen MR) is 134 cm³/mol. The number of nitrogens with one attached hydrogen (secondary N) is 1. The van der Waals surface area contributed by atoms with Crippen molar-refractivity contribution < 1.29 is 19.1 Å². The van der Waals surface area contributed by atoms with Crippen LogP contribution in [0.3, 0.4) is 0 Å². The summed E-state index contributed by atoms with van der Waals surface area (Å²) in [5.41, 5.74) is 6.79. The second kappa shape index (κ2) is 11.3. The summed E-state index contributed by atoms with van der Waals surface area (Å²) in [6, 6.07) is 24.4. The van der Waals surface area contributed by atoms with Crippen molar-refractivity contribution >= 4 is 18.1 Å². The van der Waals surface area contributed by atoms with Crippen LogP contribution in [0.1, 0.15) is 41.5 Å². The van der Waals surface area contributed by atoms with Gasteiger partial charge in [0.1, 0.15) is 6.61 Å². The minimum Gasteiger partial charge on any atom is -0.466 e. The molecule has 1 N–H and O–H groups in total. The third-order valence-corrected chi connectivity index (χ3v) is 5.87. The summed E-state index contributed by atoms with van der Waals surface area (Å²) in [4.78, 5) is 23.8. The smallest absolute Gasteiger partial charge is 0.407 e. The summed E-state index contributed by atoms with van der Waals surface area (Å²) in [6.45, 7) is 3.00. The van der Waals surface area contributed by atoms with Crippen LogP contribution in [0.5, 0.6) is 0 Å². The van der Waals surface area contributed by atoms with Gasteiger partial charge in [-0.15, -0.1) is 0 Å². The van der Waals surface area contributed by atoms with Gasteiger partial charge in [-0.3, -0.25) is 4.79 Å². The maximum Gasteiger partial charge on any atom is 0.407 e. The number of amides is 1. The molecule has 0 aliphatic heterocycles. The lowest BCUT2D eigenvalue weighted by atomic mass is 9.98. The molecule has 34 heavy (non-hydrogen) atoms. The van der Waals surface area contributed by atoms with E-state index in [2.05, 4.69) is 29.6 Å². The van der Waals surface area contributed by atoms with Crippen LogP contribution < -0.4 is 5.32 Å². The molecule has 1 aliphatic rings. The first kappa shape index (κ1) is 23.3. The normalized spacial score (nSPS) is 12.3. The first-order valence-electron chi connectivity index (χ1n) is 11.7. The van der Waals surface area contributed by atoms with Crippen LogP contribution in [0.2, 0.25) is 0 Å². The van der Waals surface area contributed by atoms with Crippen molar-refractivity contribution in [3.8, 4) is 11.1 Å². The molecule has 4 rings (SSSR count). The number of carbonyl (C=O) groups is 2. The molecule has 0 atom stereocenters. The van der Waals surface area contributed by atoms with Crippen LogP contribution in [0.25, 0.3) is 17.2 Å². The lowest BCUT2D eigenvalue weighted by molar-refractivity contribution is -0.142. The van der Waals surface area contributed by atoms with Gasteiger partial charge >= 0.3 is 12.1 Å². The molecule has 0 unspecified atom stereocenters. The number of esters is 1. The molecule has 0 spiro atoms. The fourth-order valence-electron chi connectivity index (χ4n) is 4.25. The molecule has 3 aromatic carbocycles. The highest BCUT2D eigenvalue weighted by atomic mass is 16.5. The van der Waals surface area contributed by atoms with Crippen LogP contribution in [-0.2, 0) is 20.7 Å². The van der Waals surface area contributed by atoms with E-state index < -0.39 is 6.09 Å². The first-order valence-corrected chi connectivity index (χ1v) is 11.7. The number of rotatable bonds is 9. The predicted octanol–water partition coefficient (Wildman–Crippen LogP) is 5.73. The van der Waals surface area contributed by atoms with Crippen molar-refractivity contribution in [2.75, 3.05) is 19.8 Å². The van der Waals surface area contributed by atoms with Crippen LogP contribution in [-0.4, -0.2) is 31.8 Å². The molecule has 3 aromatic rings. The molecule has 0 saturated carbocycles. The average Bonchev–Trinajstić information content (AvgIpc) is 3.17. The number of hydrogen-bond acceptors (Lipinski definition) is 4. The fraction of sp³-hybridized carbons (Fsp3) is 0.241. The third-order valence-electron chi connectivity index (χ3n) is 5.87. The van der Waals surface area contributed by atoms with Gasteiger partial charge in [-0.25, -0.2) is 4.79 Å². The van der Waals surface area contributed by atoms with Gasteiger partial charge in [-0.05, 0) is 46.7 Å². The van der Waals surface area contributed by atoms with Crippen molar-refractivity contribution in [2.24, 2.45) is 0 Å². The Hall–Kier alpha value is -3.86. The number of benzene rings is 3. The van der Waals surface area contributed by atoms with Gasteiger partial charge in [-0.1, -0.05) is 84.9 Å². The van der Waals surface area contributed by atoms with Gasteiger partial charge < -0.3 is 14.8 Å². The van der Waals surface area contributed by atoms with Gasteiger partial charge in [0.25, 0.3) is 0 Å². The maximum atomic E-state index is 12.2. The zero-order valence-electron chi connectivity index (χ0n) is 19.3. The van der Waals surface area contributed by atoms with Crippen molar-refractivity contribution in [1.29, 1.82) is 0 Å². The molecule has 5 nitrogen and oxygen atoms in total. The lowest BCUT2D eigenvalue weighted by Gasteiger charge is -2.14. The highest BCUT2D eigenvalue weighted by Gasteiger charge is 2.28. The second-order valence-electron chi connectivity index (χ2n) is 8.17. The topological polar surface area (TPSA) is 64.6 Å². The van der Waals surface area contributed by atoms with E-state index in [9.17, 15) is 9.59 Å². The quantitative estimate of drug-likeness (QED) is 0.330. The number of alkyl carbamates (subject to hydrolysis) is 1. The SMILES string of the molecule is CCOC(=O)Cc1ccc(C=CCCNC(=O)OCC2c3ccccc3-c3ccccc32)cc1. The number of ether oxygens (including phenoxy) is 2. The second-order valence-corrected chi connectivity index (χ2v) is 8.17. The Kier molecular flexibility index (Phi) is 7.76. The Morgan fingerprint density at radius 3 is 2.18 bits per heavy atom. The van der Waals surface area contributed by atoms with Gasteiger partial charge in [0.15, 0.2) is 0 Å². The Labute approximate surface area is 200 Å². The molecule has 0 fully saturated rings. The van der Waals surface area contributed by atoms with E-state index in [0.717, 1.165) is 11.1 Å². The first-order chi connectivity index (χ1) is 16.7. The average molecular weight is 456 g/mol. The molecule has 1 aliphatic carbocycles.